The number of hydrogen-bond donors (Lipinski definition) is 1. The van der Waals surface area contributed by atoms with Crippen molar-refractivity contribution >= 4 is 6.08 Å². The predicted octanol–water partition coefficient (Wildman–Crippen LogP) is 2.24. The summed E-state index contributed by atoms with van der Waals surface area (Å²) in [5.74, 6) is 0.747. The van der Waals surface area contributed by atoms with Crippen molar-refractivity contribution in [3.8, 4) is 0 Å². The Kier molecular flexibility index (Phi) is 2.29. The minimum atomic E-state index is 0.744. The van der Waals surface area contributed by atoms with Crippen LogP contribution in [-0.4, -0.2) is 17.1 Å². The average molecular weight is 200 g/mol. The highest BCUT2D eigenvalue weighted by atomic mass is 15.0. The van der Waals surface area contributed by atoms with Gasteiger partial charge in [-0.25, -0.2) is 0 Å². The fourth-order valence-corrected chi connectivity index (χ4v) is 2.79. The van der Waals surface area contributed by atoms with Crippen molar-refractivity contribution in [1.29, 1.82) is 0 Å². The lowest BCUT2D eigenvalue weighted by Gasteiger charge is -2.15. The fraction of sp³-hybridized carbons (Fsp3) is 0.462. The third-order valence-corrected chi connectivity index (χ3v) is 3.59. The van der Waals surface area contributed by atoms with E-state index in [4.69, 9.17) is 0 Å². The van der Waals surface area contributed by atoms with E-state index in [1.807, 2.05) is 12.4 Å². The van der Waals surface area contributed by atoms with Gasteiger partial charge in [0.05, 0.1) is 0 Å². The van der Waals surface area contributed by atoms with Gasteiger partial charge >= 0.3 is 0 Å². The van der Waals surface area contributed by atoms with E-state index in [9.17, 15) is 0 Å². The number of nitrogens with zero attached hydrogens (tertiary/aromatic N) is 1. The molecule has 2 nitrogen and oxygen atoms in total. The monoisotopic (exact) mass is 200 g/mol. The zero-order valence-electron chi connectivity index (χ0n) is 8.76. The Balaban J connectivity index is 1.68. The van der Waals surface area contributed by atoms with Crippen LogP contribution in [0.2, 0.25) is 0 Å². The van der Waals surface area contributed by atoms with Crippen LogP contribution >= 0.6 is 0 Å². The van der Waals surface area contributed by atoms with Gasteiger partial charge in [-0.05, 0) is 42.9 Å². The summed E-state index contributed by atoms with van der Waals surface area (Å²) in [6.07, 6.45) is 12.4. The normalized spacial score (nSPS) is 34.0. The topological polar surface area (TPSA) is 24.9 Å². The summed E-state index contributed by atoms with van der Waals surface area (Å²) in [6, 6.07) is 5.64. The summed E-state index contributed by atoms with van der Waals surface area (Å²) in [5, 5.41) is 3.65. The van der Waals surface area contributed by atoms with E-state index >= 15 is 0 Å². The zero-order chi connectivity index (χ0) is 10.1. The molecule has 2 saturated heterocycles. The molecule has 78 valence electrons. The number of pyridine rings is 1. The van der Waals surface area contributed by atoms with Gasteiger partial charge in [0, 0.05) is 24.5 Å². The molecule has 3 rings (SSSR count). The molecular formula is C13H16N2. The van der Waals surface area contributed by atoms with Gasteiger partial charge in [0.2, 0.25) is 0 Å². The molecule has 15 heavy (non-hydrogen) atoms. The maximum Gasteiger partial charge on any atom is 0.0273 e. The van der Waals surface area contributed by atoms with Crippen molar-refractivity contribution in [2.24, 2.45) is 5.92 Å². The minimum absolute atomic E-state index is 0.744. The number of aromatic nitrogens is 1. The van der Waals surface area contributed by atoms with Crippen molar-refractivity contribution in [2.45, 2.75) is 31.3 Å². The molecule has 2 heteroatoms. The molecule has 1 aromatic rings. The standard InChI is InChI=1S/C13H16N2/c1(10-5-7-14-8-6-10)2-11-9-12-3-4-13(11)15-12/h1-2,5-8,11-13,15H,3-4,9H2. The molecule has 0 spiro atoms. The third kappa shape index (κ3) is 1.82. The Bertz CT molecular complexity index is 358. The highest BCUT2D eigenvalue weighted by molar-refractivity contribution is 5.48. The largest absolute Gasteiger partial charge is 0.311 e. The molecule has 2 aliphatic rings. The lowest BCUT2D eigenvalue weighted by Crippen LogP contribution is -2.21. The average Bonchev–Trinajstić information content (AvgIpc) is 2.89. The van der Waals surface area contributed by atoms with Crippen molar-refractivity contribution in [2.75, 3.05) is 0 Å². The Hall–Kier alpha value is -1.15. The van der Waals surface area contributed by atoms with Crippen molar-refractivity contribution in [3.05, 3.63) is 36.2 Å². The van der Waals surface area contributed by atoms with Crippen LogP contribution in [-0.2, 0) is 0 Å². The summed E-state index contributed by atoms with van der Waals surface area (Å²) < 4.78 is 0. The van der Waals surface area contributed by atoms with Gasteiger partial charge in [-0.3, -0.25) is 4.98 Å². The Labute approximate surface area is 90.4 Å². The van der Waals surface area contributed by atoms with Crippen LogP contribution in [0.1, 0.15) is 24.8 Å². The molecule has 0 aromatic carbocycles. The van der Waals surface area contributed by atoms with Gasteiger partial charge in [-0.1, -0.05) is 12.2 Å². The van der Waals surface area contributed by atoms with Gasteiger partial charge in [-0.2, -0.15) is 0 Å². The van der Waals surface area contributed by atoms with E-state index in [1.54, 1.807) is 0 Å². The molecule has 0 saturated carbocycles. The zero-order valence-corrected chi connectivity index (χ0v) is 8.76. The molecule has 0 aliphatic carbocycles. The van der Waals surface area contributed by atoms with Crippen molar-refractivity contribution in [1.82, 2.24) is 10.3 Å². The third-order valence-electron chi connectivity index (χ3n) is 3.59. The fourth-order valence-electron chi connectivity index (χ4n) is 2.79. The molecule has 3 atom stereocenters. The quantitative estimate of drug-likeness (QED) is 0.792. The molecule has 1 N–H and O–H groups in total. The van der Waals surface area contributed by atoms with E-state index in [0.29, 0.717) is 0 Å². The number of rotatable bonds is 2. The van der Waals surface area contributed by atoms with E-state index in [0.717, 1.165) is 18.0 Å². The van der Waals surface area contributed by atoms with Crippen molar-refractivity contribution < 1.29 is 0 Å². The predicted molar refractivity (Wildman–Crippen MR) is 61.3 cm³/mol. The summed E-state index contributed by atoms with van der Waals surface area (Å²) >= 11 is 0. The van der Waals surface area contributed by atoms with E-state index in [2.05, 4.69) is 34.6 Å². The molecule has 0 radical (unpaired) electrons. The molecule has 3 unspecified atom stereocenters. The van der Waals surface area contributed by atoms with E-state index in [-0.39, 0.29) is 0 Å². The minimum Gasteiger partial charge on any atom is -0.311 e. The van der Waals surface area contributed by atoms with Gasteiger partial charge in [0.1, 0.15) is 0 Å². The van der Waals surface area contributed by atoms with Crippen LogP contribution in [0.15, 0.2) is 30.6 Å². The van der Waals surface area contributed by atoms with Crippen LogP contribution < -0.4 is 5.32 Å². The summed E-state index contributed by atoms with van der Waals surface area (Å²) in [7, 11) is 0. The van der Waals surface area contributed by atoms with E-state index < -0.39 is 0 Å². The second kappa shape index (κ2) is 3.78. The van der Waals surface area contributed by atoms with Gasteiger partial charge in [0.15, 0.2) is 0 Å². The molecule has 3 heterocycles. The van der Waals surface area contributed by atoms with E-state index in [1.165, 1.54) is 24.8 Å². The first kappa shape index (κ1) is 9.10. The second-order valence-corrected chi connectivity index (χ2v) is 4.59. The SMILES string of the molecule is C(=CC1CC2CCC1N2)c1ccncc1. The van der Waals surface area contributed by atoms with Gasteiger partial charge in [0.25, 0.3) is 0 Å². The Morgan fingerprint density at radius 3 is 2.80 bits per heavy atom. The summed E-state index contributed by atoms with van der Waals surface area (Å²) in [5.41, 5.74) is 1.26. The first-order chi connectivity index (χ1) is 7.42. The molecule has 1 aromatic heterocycles. The lowest BCUT2D eigenvalue weighted by molar-refractivity contribution is 0.481. The van der Waals surface area contributed by atoms with Gasteiger partial charge in [-0.15, -0.1) is 0 Å². The molecule has 2 bridgehead atoms. The first-order valence-corrected chi connectivity index (χ1v) is 5.76. The molecule has 2 aliphatic heterocycles. The summed E-state index contributed by atoms with van der Waals surface area (Å²) in [6.45, 7) is 0. The number of nitrogens with one attached hydrogen (secondary N) is 1. The number of hydrogen-bond acceptors (Lipinski definition) is 2. The van der Waals surface area contributed by atoms with Crippen LogP contribution in [0.4, 0.5) is 0 Å². The molecule has 0 amide bonds. The second-order valence-electron chi connectivity index (χ2n) is 4.59. The number of fused-ring (bicyclic) bond motifs is 2. The highest BCUT2D eigenvalue weighted by Crippen LogP contribution is 2.34. The van der Waals surface area contributed by atoms with Crippen LogP contribution in [0.5, 0.6) is 0 Å². The maximum absolute atomic E-state index is 4.02. The van der Waals surface area contributed by atoms with Gasteiger partial charge < -0.3 is 5.32 Å². The Morgan fingerprint density at radius 1 is 1.27 bits per heavy atom. The highest BCUT2D eigenvalue weighted by Gasteiger charge is 2.37. The van der Waals surface area contributed by atoms with Crippen LogP contribution in [0, 0.1) is 5.92 Å². The van der Waals surface area contributed by atoms with Crippen LogP contribution in [0.25, 0.3) is 6.08 Å². The van der Waals surface area contributed by atoms with Crippen molar-refractivity contribution in [3.63, 3.8) is 0 Å². The first-order valence-electron chi connectivity index (χ1n) is 5.76. The molecule has 2 fully saturated rings. The smallest absolute Gasteiger partial charge is 0.0273 e. The van der Waals surface area contributed by atoms with Crippen LogP contribution in [0.3, 0.4) is 0 Å². The maximum atomic E-state index is 4.02. The molecular weight excluding hydrogens is 184 g/mol. The summed E-state index contributed by atoms with van der Waals surface area (Å²) in [4.78, 5) is 4.02. The Morgan fingerprint density at radius 2 is 2.13 bits per heavy atom. The lowest BCUT2D eigenvalue weighted by atomic mass is 9.88.